The van der Waals surface area contributed by atoms with Crippen LogP contribution in [0.1, 0.15) is 34.7 Å². The van der Waals surface area contributed by atoms with E-state index in [9.17, 15) is 4.39 Å². The minimum atomic E-state index is -0.143. The molecule has 2 heteroatoms. The number of hydrogen-bond donors (Lipinski definition) is 1. The SMILES string of the molecule is Cc1ccc(C)c(C(N)CCc2ccccc2F)c1. The summed E-state index contributed by atoms with van der Waals surface area (Å²) in [5.41, 5.74) is 10.6. The van der Waals surface area contributed by atoms with Crippen molar-refractivity contribution in [3.05, 3.63) is 70.5 Å². The minimum absolute atomic E-state index is 0.0421. The third-order valence-corrected chi connectivity index (χ3v) is 3.52. The van der Waals surface area contributed by atoms with Gasteiger partial charge in [-0.1, -0.05) is 42.0 Å². The second-order valence-corrected chi connectivity index (χ2v) is 5.10. The van der Waals surface area contributed by atoms with Crippen LogP contribution < -0.4 is 5.73 Å². The first-order chi connectivity index (χ1) is 9.08. The molecule has 19 heavy (non-hydrogen) atoms. The summed E-state index contributed by atoms with van der Waals surface area (Å²) < 4.78 is 13.5. The maximum absolute atomic E-state index is 13.5. The second-order valence-electron chi connectivity index (χ2n) is 5.10. The third kappa shape index (κ3) is 3.42. The Hall–Kier alpha value is -1.67. The summed E-state index contributed by atoms with van der Waals surface area (Å²) in [6.07, 6.45) is 1.42. The van der Waals surface area contributed by atoms with Gasteiger partial charge in [-0.05, 0) is 49.4 Å². The van der Waals surface area contributed by atoms with E-state index in [-0.39, 0.29) is 11.9 Å². The first-order valence-corrected chi connectivity index (χ1v) is 6.64. The van der Waals surface area contributed by atoms with Crippen molar-refractivity contribution in [1.29, 1.82) is 0 Å². The fourth-order valence-electron chi connectivity index (χ4n) is 2.33. The summed E-state index contributed by atoms with van der Waals surface area (Å²) in [5, 5.41) is 0. The van der Waals surface area contributed by atoms with Crippen LogP contribution in [0.3, 0.4) is 0 Å². The average molecular weight is 257 g/mol. The minimum Gasteiger partial charge on any atom is -0.324 e. The molecule has 0 saturated heterocycles. The fraction of sp³-hybridized carbons (Fsp3) is 0.294. The zero-order valence-corrected chi connectivity index (χ0v) is 11.5. The molecule has 2 aromatic carbocycles. The Morgan fingerprint density at radius 3 is 2.58 bits per heavy atom. The number of benzene rings is 2. The number of hydrogen-bond acceptors (Lipinski definition) is 1. The first-order valence-electron chi connectivity index (χ1n) is 6.64. The van der Waals surface area contributed by atoms with Crippen molar-refractivity contribution in [3.8, 4) is 0 Å². The highest BCUT2D eigenvalue weighted by atomic mass is 19.1. The molecule has 0 aliphatic heterocycles. The van der Waals surface area contributed by atoms with Crippen LogP contribution in [0, 0.1) is 19.7 Å². The van der Waals surface area contributed by atoms with Gasteiger partial charge in [-0.25, -0.2) is 4.39 Å². The molecule has 2 rings (SSSR count). The van der Waals surface area contributed by atoms with Gasteiger partial charge in [-0.3, -0.25) is 0 Å². The number of nitrogens with two attached hydrogens (primary N) is 1. The van der Waals surface area contributed by atoms with Crippen LogP contribution in [-0.4, -0.2) is 0 Å². The predicted molar refractivity (Wildman–Crippen MR) is 77.6 cm³/mol. The van der Waals surface area contributed by atoms with Gasteiger partial charge in [-0.15, -0.1) is 0 Å². The molecule has 0 aliphatic carbocycles. The molecule has 0 aromatic heterocycles. The van der Waals surface area contributed by atoms with Crippen LogP contribution in [0.15, 0.2) is 42.5 Å². The standard InChI is InChI=1S/C17H20FN/c1-12-7-8-13(2)15(11-12)17(19)10-9-14-5-3-4-6-16(14)18/h3-8,11,17H,9-10,19H2,1-2H3. The summed E-state index contributed by atoms with van der Waals surface area (Å²) in [4.78, 5) is 0. The van der Waals surface area contributed by atoms with Crippen molar-refractivity contribution < 1.29 is 4.39 Å². The van der Waals surface area contributed by atoms with Gasteiger partial charge in [-0.2, -0.15) is 0 Å². The quantitative estimate of drug-likeness (QED) is 0.877. The molecule has 0 heterocycles. The Balaban J connectivity index is 2.07. The topological polar surface area (TPSA) is 26.0 Å². The summed E-state index contributed by atoms with van der Waals surface area (Å²) in [5.74, 6) is -0.143. The fourth-order valence-corrected chi connectivity index (χ4v) is 2.33. The molecule has 1 unspecified atom stereocenters. The molecule has 0 radical (unpaired) electrons. The molecule has 0 bridgehead atoms. The molecule has 0 amide bonds. The largest absolute Gasteiger partial charge is 0.324 e. The molecule has 0 saturated carbocycles. The summed E-state index contributed by atoms with van der Waals surface area (Å²) >= 11 is 0. The van der Waals surface area contributed by atoms with Crippen LogP contribution in [-0.2, 0) is 6.42 Å². The van der Waals surface area contributed by atoms with Crippen molar-refractivity contribution in [3.63, 3.8) is 0 Å². The summed E-state index contributed by atoms with van der Waals surface area (Å²) in [7, 11) is 0. The molecule has 1 atom stereocenters. The van der Waals surface area contributed by atoms with Gasteiger partial charge in [0.25, 0.3) is 0 Å². The van der Waals surface area contributed by atoms with E-state index >= 15 is 0 Å². The van der Waals surface area contributed by atoms with E-state index in [0.717, 1.165) is 17.5 Å². The lowest BCUT2D eigenvalue weighted by Gasteiger charge is -2.15. The summed E-state index contributed by atoms with van der Waals surface area (Å²) in [6.45, 7) is 4.13. The molecular formula is C17H20FN. The lowest BCUT2D eigenvalue weighted by atomic mass is 9.95. The summed E-state index contributed by atoms with van der Waals surface area (Å²) in [6, 6.07) is 13.2. The van der Waals surface area contributed by atoms with E-state index in [2.05, 4.69) is 32.0 Å². The third-order valence-electron chi connectivity index (χ3n) is 3.52. The van der Waals surface area contributed by atoms with Crippen LogP contribution >= 0.6 is 0 Å². The van der Waals surface area contributed by atoms with Crippen LogP contribution in [0.4, 0.5) is 4.39 Å². The molecule has 2 N–H and O–H groups in total. The molecule has 2 aromatic rings. The number of rotatable bonds is 4. The van der Waals surface area contributed by atoms with Crippen molar-refractivity contribution >= 4 is 0 Å². The Morgan fingerprint density at radius 2 is 1.84 bits per heavy atom. The predicted octanol–water partition coefficient (Wildman–Crippen LogP) is 4.08. The molecular weight excluding hydrogens is 237 g/mol. The Morgan fingerprint density at radius 1 is 1.11 bits per heavy atom. The van der Waals surface area contributed by atoms with Crippen molar-refractivity contribution in [2.24, 2.45) is 5.73 Å². The van der Waals surface area contributed by atoms with E-state index in [0.29, 0.717) is 6.42 Å². The van der Waals surface area contributed by atoms with Gasteiger partial charge >= 0.3 is 0 Å². The molecule has 1 nitrogen and oxygen atoms in total. The van der Waals surface area contributed by atoms with E-state index in [1.165, 1.54) is 17.2 Å². The normalized spacial score (nSPS) is 12.4. The van der Waals surface area contributed by atoms with Crippen molar-refractivity contribution in [2.45, 2.75) is 32.7 Å². The van der Waals surface area contributed by atoms with Crippen LogP contribution in [0.25, 0.3) is 0 Å². The smallest absolute Gasteiger partial charge is 0.126 e. The lowest BCUT2D eigenvalue weighted by Crippen LogP contribution is -2.13. The molecule has 0 aliphatic rings. The maximum atomic E-state index is 13.5. The highest BCUT2D eigenvalue weighted by Gasteiger charge is 2.10. The van der Waals surface area contributed by atoms with Crippen LogP contribution in [0.5, 0.6) is 0 Å². The van der Waals surface area contributed by atoms with Gasteiger partial charge < -0.3 is 5.73 Å². The highest BCUT2D eigenvalue weighted by molar-refractivity contribution is 5.33. The number of aryl methyl sites for hydroxylation is 3. The van der Waals surface area contributed by atoms with Crippen molar-refractivity contribution in [1.82, 2.24) is 0 Å². The van der Waals surface area contributed by atoms with E-state index in [4.69, 9.17) is 5.73 Å². The van der Waals surface area contributed by atoms with E-state index in [1.54, 1.807) is 6.07 Å². The molecule has 0 spiro atoms. The molecule has 0 fully saturated rings. The second kappa shape index (κ2) is 5.98. The Bertz CT molecular complexity index is 563. The number of halogens is 1. The monoisotopic (exact) mass is 257 g/mol. The van der Waals surface area contributed by atoms with Crippen LogP contribution in [0.2, 0.25) is 0 Å². The highest BCUT2D eigenvalue weighted by Crippen LogP contribution is 2.22. The van der Waals surface area contributed by atoms with Crippen molar-refractivity contribution in [2.75, 3.05) is 0 Å². The van der Waals surface area contributed by atoms with Gasteiger partial charge in [0.2, 0.25) is 0 Å². The van der Waals surface area contributed by atoms with E-state index in [1.807, 2.05) is 12.1 Å². The zero-order valence-electron chi connectivity index (χ0n) is 11.5. The van der Waals surface area contributed by atoms with E-state index < -0.39 is 0 Å². The maximum Gasteiger partial charge on any atom is 0.126 e. The van der Waals surface area contributed by atoms with Gasteiger partial charge in [0.15, 0.2) is 0 Å². The van der Waals surface area contributed by atoms with Gasteiger partial charge in [0.05, 0.1) is 0 Å². The molecule has 100 valence electrons. The van der Waals surface area contributed by atoms with Gasteiger partial charge in [0, 0.05) is 6.04 Å². The zero-order chi connectivity index (χ0) is 13.8. The first kappa shape index (κ1) is 13.8. The lowest BCUT2D eigenvalue weighted by molar-refractivity contribution is 0.585. The Labute approximate surface area is 114 Å². The average Bonchev–Trinajstić information content (AvgIpc) is 2.40. The Kier molecular flexibility index (Phi) is 4.33. The van der Waals surface area contributed by atoms with Gasteiger partial charge in [0.1, 0.15) is 5.82 Å².